The van der Waals surface area contributed by atoms with E-state index in [9.17, 15) is 0 Å². The van der Waals surface area contributed by atoms with Crippen LogP contribution in [-0.2, 0) is 0 Å². The molecule has 0 saturated heterocycles. The number of rotatable bonds is 6. The normalized spacial score (nSPS) is 11.5. The minimum atomic E-state index is 0.874. The number of hydrogen-bond donors (Lipinski definition) is 0. The zero-order valence-electron chi connectivity index (χ0n) is 27.8. The minimum Gasteiger partial charge on any atom is -0.455 e. The third-order valence-corrected chi connectivity index (χ3v) is 9.99. The predicted molar refractivity (Wildman–Crippen MR) is 214 cm³/mol. The number of para-hydroxylation sites is 4. The second-order valence-corrected chi connectivity index (χ2v) is 12.9. The molecule has 3 nitrogen and oxygen atoms in total. The molecule has 3 heteroatoms. The molecule has 0 N–H and O–H groups in total. The molecule has 0 aliphatic carbocycles. The van der Waals surface area contributed by atoms with Gasteiger partial charge >= 0.3 is 0 Å². The molecule has 10 rings (SSSR count). The number of anilines is 3. The second-order valence-electron chi connectivity index (χ2n) is 12.9. The molecule has 0 spiro atoms. The molecule has 10 aromatic rings. The van der Waals surface area contributed by atoms with Crippen LogP contribution in [0, 0.1) is 0 Å². The van der Waals surface area contributed by atoms with Gasteiger partial charge in [0.05, 0.1) is 16.7 Å². The Labute approximate surface area is 295 Å². The smallest absolute Gasteiger partial charge is 0.145 e. The molecule has 0 fully saturated rings. The number of hydrogen-bond acceptors (Lipinski definition) is 2. The zero-order chi connectivity index (χ0) is 33.7. The summed E-state index contributed by atoms with van der Waals surface area (Å²) in [5, 5.41) is 4.71. The summed E-state index contributed by atoms with van der Waals surface area (Å²) in [6.07, 6.45) is 0. The van der Waals surface area contributed by atoms with Crippen LogP contribution < -0.4 is 4.90 Å². The van der Waals surface area contributed by atoms with Crippen molar-refractivity contribution in [2.75, 3.05) is 4.90 Å². The summed E-state index contributed by atoms with van der Waals surface area (Å²) in [5.41, 5.74) is 12.9. The molecule has 2 heterocycles. The van der Waals surface area contributed by atoms with Gasteiger partial charge in [0.1, 0.15) is 11.2 Å². The predicted octanol–water partition coefficient (Wildman–Crippen LogP) is 13.5. The van der Waals surface area contributed by atoms with Crippen molar-refractivity contribution in [3.8, 4) is 27.9 Å². The molecule has 51 heavy (non-hydrogen) atoms. The highest BCUT2D eigenvalue weighted by atomic mass is 16.3. The average molecular weight is 653 g/mol. The summed E-state index contributed by atoms with van der Waals surface area (Å²) in [6.45, 7) is 0. The van der Waals surface area contributed by atoms with Crippen LogP contribution in [0.3, 0.4) is 0 Å². The van der Waals surface area contributed by atoms with Crippen molar-refractivity contribution in [2.45, 2.75) is 0 Å². The molecule has 0 aliphatic heterocycles. The molecule has 0 radical (unpaired) electrons. The van der Waals surface area contributed by atoms with Gasteiger partial charge in [-0.2, -0.15) is 0 Å². The van der Waals surface area contributed by atoms with E-state index in [1.165, 1.54) is 27.4 Å². The van der Waals surface area contributed by atoms with Gasteiger partial charge in [-0.15, -0.1) is 0 Å². The van der Waals surface area contributed by atoms with Gasteiger partial charge in [-0.05, 0) is 83.4 Å². The zero-order valence-corrected chi connectivity index (χ0v) is 27.8. The first-order valence-corrected chi connectivity index (χ1v) is 17.4. The van der Waals surface area contributed by atoms with Gasteiger partial charge in [-0.1, -0.05) is 127 Å². The number of nitrogens with zero attached hydrogens (tertiary/aromatic N) is 2. The van der Waals surface area contributed by atoms with Crippen LogP contribution in [0.15, 0.2) is 199 Å². The van der Waals surface area contributed by atoms with Crippen LogP contribution in [0.2, 0.25) is 0 Å². The number of benzene rings is 8. The standard InChI is InChI=1S/C48H32N2O/c1-3-14-33(15-4-1)35-16-13-19-38(32-35)49(36-17-5-2-6-18-36)45-31-30-42-41-22-9-12-25-46(41)51-48(42)47(45)34-26-28-37(29-27-34)50-43-23-10-7-20-39(43)40-21-8-11-24-44(40)50/h1-32H. The Kier molecular flexibility index (Phi) is 6.81. The topological polar surface area (TPSA) is 21.3 Å². The molecule has 2 aromatic heterocycles. The molecule has 0 atom stereocenters. The number of furan rings is 1. The maximum absolute atomic E-state index is 6.78. The summed E-state index contributed by atoms with van der Waals surface area (Å²) in [7, 11) is 0. The minimum absolute atomic E-state index is 0.874. The van der Waals surface area contributed by atoms with Crippen LogP contribution in [0.4, 0.5) is 17.1 Å². The fourth-order valence-corrected chi connectivity index (χ4v) is 7.68. The van der Waals surface area contributed by atoms with Crippen molar-refractivity contribution in [2.24, 2.45) is 0 Å². The molecule has 240 valence electrons. The Morgan fingerprint density at radius 3 is 1.71 bits per heavy atom. The second kappa shape index (κ2) is 11.9. The Hall–Kier alpha value is -6.84. The highest BCUT2D eigenvalue weighted by molar-refractivity contribution is 6.13. The van der Waals surface area contributed by atoms with Gasteiger partial charge in [0, 0.05) is 44.2 Å². The van der Waals surface area contributed by atoms with E-state index in [1.54, 1.807) is 0 Å². The lowest BCUT2D eigenvalue weighted by Crippen LogP contribution is -2.11. The summed E-state index contributed by atoms with van der Waals surface area (Å²) in [4.78, 5) is 2.36. The Bertz CT molecular complexity index is 2790. The van der Waals surface area contributed by atoms with Gasteiger partial charge in [0.15, 0.2) is 0 Å². The molecule has 8 aromatic carbocycles. The fourth-order valence-electron chi connectivity index (χ4n) is 7.68. The molecule has 0 aliphatic rings. The van der Waals surface area contributed by atoms with E-state index in [4.69, 9.17) is 4.42 Å². The molecular weight excluding hydrogens is 621 g/mol. The summed E-state index contributed by atoms with van der Waals surface area (Å²) < 4.78 is 9.14. The Morgan fingerprint density at radius 1 is 0.392 bits per heavy atom. The summed E-state index contributed by atoms with van der Waals surface area (Å²) in [6, 6.07) is 69.0. The van der Waals surface area contributed by atoms with Crippen LogP contribution in [-0.4, -0.2) is 4.57 Å². The first-order valence-electron chi connectivity index (χ1n) is 17.4. The van der Waals surface area contributed by atoms with Crippen LogP contribution in [0.25, 0.3) is 71.7 Å². The van der Waals surface area contributed by atoms with E-state index in [0.29, 0.717) is 0 Å². The first-order chi connectivity index (χ1) is 25.3. The number of aromatic nitrogens is 1. The van der Waals surface area contributed by atoms with Crippen molar-refractivity contribution in [3.05, 3.63) is 194 Å². The summed E-state index contributed by atoms with van der Waals surface area (Å²) in [5.74, 6) is 0. The van der Waals surface area contributed by atoms with E-state index in [2.05, 4.69) is 198 Å². The third kappa shape index (κ3) is 4.82. The number of fused-ring (bicyclic) bond motifs is 6. The van der Waals surface area contributed by atoms with E-state index in [1.807, 2.05) is 6.07 Å². The quantitative estimate of drug-likeness (QED) is 0.178. The van der Waals surface area contributed by atoms with Crippen molar-refractivity contribution in [1.82, 2.24) is 4.57 Å². The molecular formula is C48H32N2O. The highest BCUT2D eigenvalue weighted by Gasteiger charge is 2.23. The third-order valence-electron chi connectivity index (χ3n) is 9.99. The average Bonchev–Trinajstić information content (AvgIpc) is 3.75. The SMILES string of the molecule is c1ccc(-c2cccc(N(c3ccccc3)c3ccc4c(oc5ccccc54)c3-c3ccc(-n4c5ccccc5c5ccccc54)cc3)c2)cc1. The van der Waals surface area contributed by atoms with Gasteiger partial charge < -0.3 is 13.9 Å². The van der Waals surface area contributed by atoms with Gasteiger partial charge in [-0.3, -0.25) is 0 Å². The Morgan fingerprint density at radius 2 is 0.980 bits per heavy atom. The van der Waals surface area contributed by atoms with Crippen LogP contribution in [0.1, 0.15) is 0 Å². The maximum Gasteiger partial charge on any atom is 0.145 e. The van der Waals surface area contributed by atoms with Crippen LogP contribution in [0.5, 0.6) is 0 Å². The Balaban J connectivity index is 1.21. The lowest BCUT2D eigenvalue weighted by atomic mass is 9.97. The molecule has 0 amide bonds. The molecule has 0 saturated carbocycles. The lowest BCUT2D eigenvalue weighted by Gasteiger charge is -2.28. The van der Waals surface area contributed by atoms with Crippen molar-refractivity contribution < 1.29 is 4.42 Å². The van der Waals surface area contributed by atoms with Gasteiger partial charge in [0.25, 0.3) is 0 Å². The van der Waals surface area contributed by atoms with Crippen molar-refractivity contribution >= 4 is 60.8 Å². The van der Waals surface area contributed by atoms with Gasteiger partial charge in [-0.25, -0.2) is 0 Å². The molecule has 0 bridgehead atoms. The van der Waals surface area contributed by atoms with E-state index >= 15 is 0 Å². The first kappa shape index (κ1) is 29.1. The van der Waals surface area contributed by atoms with Crippen LogP contribution >= 0.6 is 0 Å². The van der Waals surface area contributed by atoms with E-state index in [-0.39, 0.29) is 0 Å². The lowest BCUT2D eigenvalue weighted by molar-refractivity contribution is 0.670. The highest BCUT2D eigenvalue weighted by Crippen LogP contribution is 2.47. The van der Waals surface area contributed by atoms with Gasteiger partial charge in [0.2, 0.25) is 0 Å². The van der Waals surface area contributed by atoms with E-state index < -0.39 is 0 Å². The maximum atomic E-state index is 6.78. The van der Waals surface area contributed by atoms with Crippen molar-refractivity contribution in [1.29, 1.82) is 0 Å². The fraction of sp³-hybridized carbons (Fsp3) is 0. The van der Waals surface area contributed by atoms with Crippen molar-refractivity contribution in [3.63, 3.8) is 0 Å². The summed E-state index contributed by atoms with van der Waals surface area (Å²) >= 11 is 0. The largest absolute Gasteiger partial charge is 0.455 e. The molecule has 0 unspecified atom stereocenters. The van der Waals surface area contributed by atoms with E-state index in [0.717, 1.165) is 61.4 Å². The monoisotopic (exact) mass is 652 g/mol.